The Morgan fingerprint density at radius 3 is 2.16 bits per heavy atom. The molecule has 1 aromatic rings. The molecular formula is C37H58N8O10. The van der Waals surface area contributed by atoms with Crippen LogP contribution in [0.15, 0.2) is 24.3 Å². The maximum absolute atomic E-state index is 13.7. The number of aromatic hydroxyl groups is 1. The average molecular weight is 775 g/mol. The quantitative estimate of drug-likeness (QED) is 0.0587. The molecule has 1 aliphatic heterocycles. The topological polar surface area (TPSA) is 292 Å². The second kappa shape index (κ2) is 22.3. The first-order valence-electron chi connectivity index (χ1n) is 18.6. The van der Waals surface area contributed by atoms with Gasteiger partial charge in [-0.25, -0.2) is 0 Å². The van der Waals surface area contributed by atoms with Crippen molar-refractivity contribution in [3.8, 4) is 5.75 Å². The maximum Gasteiger partial charge on any atom is 0.248 e. The molecule has 1 aliphatic rings. The van der Waals surface area contributed by atoms with Crippen LogP contribution < -0.4 is 38.1 Å². The number of phenols is 1. The van der Waals surface area contributed by atoms with Crippen molar-refractivity contribution < 1.29 is 48.6 Å². The number of carbonyl (C=O) groups excluding carboxylic acids is 8. The van der Waals surface area contributed by atoms with E-state index in [1.54, 1.807) is 32.9 Å². The van der Waals surface area contributed by atoms with Gasteiger partial charge in [0.25, 0.3) is 0 Å². The van der Waals surface area contributed by atoms with Gasteiger partial charge in [0.15, 0.2) is 0 Å². The van der Waals surface area contributed by atoms with Crippen molar-refractivity contribution in [1.82, 2.24) is 31.5 Å². The van der Waals surface area contributed by atoms with Crippen molar-refractivity contribution in [2.24, 2.45) is 29.2 Å². The van der Waals surface area contributed by atoms with E-state index in [9.17, 15) is 48.6 Å². The average Bonchev–Trinajstić information content (AvgIpc) is 3.53. The Morgan fingerprint density at radius 2 is 1.60 bits per heavy atom. The lowest BCUT2D eigenvalue weighted by Crippen LogP contribution is -2.61. The van der Waals surface area contributed by atoms with Crippen molar-refractivity contribution in [1.29, 1.82) is 0 Å². The van der Waals surface area contributed by atoms with Crippen molar-refractivity contribution in [3.05, 3.63) is 29.8 Å². The number of nitrogens with zero attached hydrogens (tertiary/aromatic N) is 1. The normalized spacial score (nSPS) is 18.5. The Labute approximate surface area is 321 Å². The second-order valence-corrected chi connectivity index (χ2v) is 14.6. The van der Waals surface area contributed by atoms with Crippen molar-refractivity contribution in [2.45, 2.75) is 109 Å². The molecule has 1 saturated heterocycles. The van der Waals surface area contributed by atoms with Gasteiger partial charge >= 0.3 is 0 Å². The number of rotatable bonds is 22. The van der Waals surface area contributed by atoms with Crippen LogP contribution in [0.5, 0.6) is 5.75 Å². The number of carbonyl (C=O) groups is 8. The zero-order valence-electron chi connectivity index (χ0n) is 32.2. The highest BCUT2D eigenvalue weighted by Crippen LogP contribution is 2.25. The molecule has 306 valence electrons. The number of aliphatic hydroxyl groups excluding tert-OH is 1. The van der Waals surface area contributed by atoms with Crippen LogP contribution in [0.4, 0.5) is 0 Å². The van der Waals surface area contributed by atoms with Crippen LogP contribution in [0, 0.1) is 17.8 Å². The van der Waals surface area contributed by atoms with E-state index in [-0.39, 0.29) is 43.4 Å². The number of primary amides is 1. The zero-order chi connectivity index (χ0) is 41.4. The molecule has 55 heavy (non-hydrogen) atoms. The van der Waals surface area contributed by atoms with Gasteiger partial charge in [0, 0.05) is 13.0 Å². The fourth-order valence-electron chi connectivity index (χ4n) is 6.20. The molecule has 1 heterocycles. The fourth-order valence-corrected chi connectivity index (χ4v) is 6.20. The van der Waals surface area contributed by atoms with Gasteiger partial charge in [0.2, 0.25) is 41.4 Å². The number of benzene rings is 1. The van der Waals surface area contributed by atoms with E-state index in [4.69, 9.17) is 11.5 Å². The Morgan fingerprint density at radius 1 is 0.945 bits per heavy atom. The molecule has 0 spiro atoms. The van der Waals surface area contributed by atoms with Gasteiger partial charge in [-0.1, -0.05) is 53.2 Å². The number of hydrogen-bond donors (Lipinski definition) is 9. The van der Waals surface area contributed by atoms with E-state index in [1.165, 1.54) is 17.0 Å². The lowest BCUT2D eigenvalue weighted by atomic mass is 9.97. The first-order valence-corrected chi connectivity index (χ1v) is 18.6. The number of phenolic OH excluding ortho intramolecular Hbond substituents is 1. The van der Waals surface area contributed by atoms with Gasteiger partial charge in [0.05, 0.1) is 25.2 Å². The highest BCUT2D eigenvalue weighted by molar-refractivity contribution is 5.97. The van der Waals surface area contributed by atoms with Crippen molar-refractivity contribution in [3.63, 3.8) is 0 Å². The Hall–Kier alpha value is -5.10. The van der Waals surface area contributed by atoms with Crippen molar-refractivity contribution in [2.75, 3.05) is 19.7 Å². The predicted octanol–water partition coefficient (Wildman–Crippen LogP) is -1.90. The minimum atomic E-state index is -1.48. The van der Waals surface area contributed by atoms with Crippen LogP contribution in [0.1, 0.15) is 72.3 Å². The minimum Gasteiger partial charge on any atom is -0.508 e. The molecular weight excluding hydrogens is 716 g/mol. The SMILES string of the molecule is CCC(C)C(NC(=O)C(CCC(N)=O)NC(=O)CNC(=O)C(N)Cc1ccc(O)cc1)C(=O)NC(CO)C(=O)N1CCC(C)C1C(=O)NC(C=O)CC(C)C. The third-order valence-corrected chi connectivity index (χ3v) is 9.54. The number of likely N-dealkylation sites (tertiary alicyclic amines) is 1. The third kappa shape index (κ3) is 14.6. The van der Waals surface area contributed by atoms with Crippen LogP contribution >= 0.6 is 0 Å². The monoisotopic (exact) mass is 774 g/mol. The van der Waals surface area contributed by atoms with Gasteiger partial charge in [-0.05, 0) is 61.1 Å². The molecule has 18 nitrogen and oxygen atoms in total. The molecule has 1 fully saturated rings. The molecule has 2 rings (SSSR count). The molecule has 0 saturated carbocycles. The smallest absolute Gasteiger partial charge is 0.248 e. The molecule has 0 aromatic heterocycles. The summed E-state index contributed by atoms with van der Waals surface area (Å²) < 4.78 is 0. The van der Waals surface area contributed by atoms with Gasteiger partial charge in [-0.2, -0.15) is 0 Å². The number of aldehydes is 1. The summed E-state index contributed by atoms with van der Waals surface area (Å²) in [5.74, 6) is -5.77. The second-order valence-electron chi connectivity index (χ2n) is 14.6. The highest BCUT2D eigenvalue weighted by atomic mass is 16.3. The summed E-state index contributed by atoms with van der Waals surface area (Å²) in [5.41, 5.74) is 11.9. The van der Waals surface area contributed by atoms with Crippen LogP contribution in [-0.4, -0.2) is 119 Å². The summed E-state index contributed by atoms with van der Waals surface area (Å²) in [6, 6.07) is -0.778. The zero-order valence-corrected chi connectivity index (χ0v) is 32.2. The largest absolute Gasteiger partial charge is 0.508 e. The fraction of sp³-hybridized carbons (Fsp3) is 0.622. The van der Waals surface area contributed by atoms with Gasteiger partial charge in [-0.3, -0.25) is 33.6 Å². The summed E-state index contributed by atoms with van der Waals surface area (Å²) in [5, 5.41) is 32.3. The van der Waals surface area contributed by atoms with Gasteiger partial charge in [0.1, 0.15) is 36.2 Å². The summed E-state index contributed by atoms with van der Waals surface area (Å²) in [6.07, 6.45) is 1.46. The first-order chi connectivity index (χ1) is 25.9. The van der Waals surface area contributed by atoms with Crippen molar-refractivity contribution >= 4 is 47.6 Å². The highest BCUT2D eigenvalue weighted by Gasteiger charge is 2.43. The van der Waals surface area contributed by atoms with E-state index in [0.717, 1.165) is 0 Å². The van der Waals surface area contributed by atoms with Crippen LogP contribution in [0.2, 0.25) is 0 Å². The third-order valence-electron chi connectivity index (χ3n) is 9.54. The molecule has 0 radical (unpaired) electrons. The van der Waals surface area contributed by atoms with Gasteiger partial charge < -0.3 is 58.0 Å². The summed E-state index contributed by atoms with van der Waals surface area (Å²) in [7, 11) is 0. The summed E-state index contributed by atoms with van der Waals surface area (Å²) >= 11 is 0. The first kappa shape index (κ1) is 46.1. The minimum absolute atomic E-state index is 0.0466. The number of amides is 7. The molecule has 18 heteroatoms. The standard InChI is InChI=1S/C37H58N8O10/c1-6-21(4)31(35(53)43-28(19-47)37(55)45-14-13-22(5)32(45)36(54)41-24(18-46)15-20(2)3)44-34(52)27(11-12-29(39)49)42-30(50)17-40-33(51)26(38)16-23-7-9-25(48)10-8-23/h7-10,18,20-22,24,26-28,31-32,47-48H,6,11-17,19,38H2,1-5H3,(H2,39,49)(H,40,51)(H,41,54)(H,42,50)(H,43,53)(H,44,52). The van der Waals surface area contributed by atoms with E-state index in [2.05, 4.69) is 26.6 Å². The van der Waals surface area contributed by atoms with Crippen LogP contribution in [0.3, 0.4) is 0 Å². The van der Waals surface area contributed by atoms with E-state index >= 15 is 0 Å². The number of hydrogen-bond acceptors (Lipinski definition) is 11. The Kier molecular flexibility index (Phi) is 18.7. The molecule has 0 bridgehead atoms. The Balaban J connectivity index is 2.14. The van der Waals surface area contributed by atoms with E-state index in [0.29, 0.717) is 31.1 Å². The molecule has 8 unspecified atom stereocenters. The van der Waals surface area contributed by atoms with Crippen LogP contribution in [0.25, 0.3) is 0 Å². The van der Waals surface area contributed by atoms with E-state index in [1.807, 2.05) is 13.8 Å². The van der Waals surface area contributed by atoms with E-state index < -0.39 is 96.7 Å². The predicted molar refractivity (Wildman–Crippen MR) is 200 cm³/mol. The molecule has 0 aliphatic carbocycles. The lowest BCUT2D eigenvalue weighted by molar-refractivity contribution is -0.144. The summed E-state index contributed by atoms with van der Waals surface area (Å²) in [4.78, 5) is 104. The Bertz CT molecular complexity index is 1510. The summed E-state index contributed by atoms with van der Waals surface area (Å²) in [6.45, 7) is 7.78. The molecule has 8 atom stereocenters. The number of nitrogens with two attached hydrogens (primary N) is 2. The lowest BCUT2D eigenvalue weighted by Gasteiger charge is -2.32. The van der Waals surface area contributed by atoms with Gasteiger partial charge in [-0.15, -0.1) is 0 Å². The maximum atomic E-state index is 13.7. The molecule has 7 amide bonds. The van der Waals surface area contributed by atoms with Crippen LogP contribution in [-0.2, 0) is 44.8 Å². The molecule has 11 N–H and O–H groups in total. The number of nitrogens with one attached hydrogen (secondary N) is 5. The molecule has 1 aromatic carbocycles. The number of aliphatic hydroxyl groups is 1.